The smallest absolute Gasteiger partial charge is 0.184 e. The van der Waals surface area contributed by atoms with Crippen LogP contribution < -0.4 is 11.2 Å². The standard InChI is InChI=1S/C15H15N7S/c1-11-13(9-18-19-15(16)23)14(21-8-7-17-10-21)22(20-11)12-5-3-2-4-6-12/h2-10H,1H3,(H3,16,19,23)/b18-9+. The van der Waals surface area contributed by atoms with Crippen molar-refractivity contribution in [2.45, 2.75) is 6.92 Å². The van der Waals surface area contributed by atoms with Gasteiger partial charge in [0.15, 0.2) is 10.9 Å². The molecule has 2 heterocycles. The van der Waals surface area contributed by atoms with Crippen LogP contribution >= 0.6 is 12.2 Å². The molecule has 0 unspecified atom stereocenters. The molecule has 0 fully saturated rings. The van der Waals surface area contributed by atoms with Crippen molar-refractivity contribution < 1.29 is 0 Å². The molecule has 0 spiro atoms. The van der Waals surface area contributed by atoms with Gasteiger partial charge in [0, 0.05) is 12.4 Å². The average molecular weight is 325 g/mol. The Morgan fingerprint density at radius 1 is 1.35 bits per heavy atom. The van der Waals surface area contributed by atoms with Gasteiger partial charge >= 0.3 is 0 Å². The lowest BCUT2D eigenvalue weighted by molar-refractivity contribution is 0.811. The zero-order chi connectivity index (χ0) is 16.2. The van der Waals surface area contributed by atoms with Crippen molar-refractivity contribution in [1.29, 1.82) is 0 Å². The summed E-state index contributed by atoms with van der Waals surface area (Å²) in [4.78, 5) is 4.11. The lowest BCUT2D eigenvalue weighted by Gasteiger charge is -2.08. The minimum Gasteiger partial charge on any atom is -0.375 e. The molecule has 0 aliphatic carbocycles. The molecule has 0 radical (unpaired) electrons. The third-order valence-corrected chi connectivity index (χ3v) is 3.29. The number of rotatable bonds is 4. The Balaban J connectivity index is 2.14. The minimum absolute atomic E-state index is 0.110. The molecule has 116 valence electrons. The van der Waals surface area contributed by atoms with Gasteiger partial charge in [0.25, 0.3) is 0 Å². The molecular weight excluding hydrogens is 310 g/mol. The molecule has 3 N–H and O–H groups in total. The second-order valence-electron chi connectivity index (χ2n) is 4.77. The van der Waals surface area contributed by atoms with Gasteiger partial charge in [-0.05, 0) is 31.3 Å². The third-order valence-electron chi connectivity index (χ3n) is 3.20. The van der Waals surface area contributed by atoms with Crippen molar-refractivity contribution in [3.05, 3.63) is 60.3 Å². The van der Waals surface area contributed by atoms with Crippen molar-refractivity contribution in [2.75, 3.05) is 0 Å². The molecule has 0 bridgehead atoms. The summed E-state index contributed by atoms with van der Waals surface area (Å²) in [7, 11) is 0. The SMILES string of the molecule is Cc1nn(-c2ccccc2)c(-n2ccnc2)c1/C=N/NC(N)=S. The van der Waals surface area contributed by atoms with Crippen LogP contribution in [-0.4, -0.2) is 30.7 Å². The summed E-state index contributed by atoms with van der Waals surface area (Å²) in [6, 6.07) is 9.87. The van der Waals surface area contributed by atoms with E-state index in [4.69, 9.17) is 18.0 Å². The Bertz CT molecular complexity index is 834. The van der Waals surface area contributed by atoms with Crippen LogP contribution in [0.25, 0.3) is 11.5 Å². The second-order valence-corrected chi connectivity index (χ2v) is 5.21. The molecule has 0 saturated heterocycles. The number of hydrazone groups is 1. The maximum Gasteiger partial charge on any atom is 0.184 e. The van der Waals surface area contributed by atoms with E-state index in [1.807, 2.05) is 52.7 Å². The van der Waals surface area contributed by atoms with Gasteiger partial charge in [-0.25, -0.2) is 9.67 Å². The van der Waals surface area contributed by atoms with Gasteiger partial charge in [0.1, 0.15) is 6.33 Å². The maximum absolute atomic E-state index is 5.39. The number of benzene rings is 1. The Morgan fingerprint density at radius 3 is 2.78 bits per heavy atom. The lowest BCUT2D eigenvalue weighted by Crippen LogP contribution is -2.24. The number of nitrogens with zero attached hydrogens (tertiary/aromatic N) is 5. The molecule has 0 atom stereocenters. The number of nitrogens with two attached hydrogens (primary N) is 1. The molecule has 7 nitrogen and oxygen atoms in total. The summed E-state index contributed by atoms with van der Waals surface area (Å²) in [6.07, 6.45) is 6.94. The number of hydrogen-bond acceptors (Lipinski definition) is 4. The van der Waals surface area contributed by atoms with Gasteiger partial charge in [0.2, 0.25) is 0 Å². The molecule has 0 aliphatic heterocycles. The number of aryl methyl sites for hydroxylation is 1. The van der Waals surface area contributed by atoms with Crippen molar-refractivity contribution in [3.63, 3.8) is 0 Å². The van der Waals surface area contributed by atoms with E-state index >= 15 is 0 Å². The normalized spacial score (nSPS) is 11.0. The fourth-order valence-corrected chi connectivity index (χ4v) is 2.27. The number of aromatic nitrogens is 4. The van der Waals surface area contributed by atoms with Gasteiger partial charge < -0.3 is 5.73 Å². The summed E-state index contributed by atoms with van der Waals surface area (Å²) >= 11 is 4.75. The topological polar surface area (TPSA) is 86.0 Å². The van der Waals surface area contributed by atoms with E-state index in [0.29, 0.717) is 0 Å². The zero-order valence-electron chi connectivity index (χ0n) is 12.4. The average Bonchev–Trinajstić information content (AvgIpc) is 3.16. The van der Waals surface area contributed by atoms with E-state index in [2.05, 4.69) is 20.6 Å². The van der Waals surface area contributed by atoms with E-state index in [9.17, 15) is 0 Å². The zero-order valence-corrected chi connectivity index (χ0v) is 13.2. The predicted molar refractivity (Wildman–Crippen MR) is 92.9 cm³/mol. The molecule has 1 aromatic carbocycles. The largest absolute Gasteiger partial charge is 0.375 e. The Morgan fingerprint density at radius 2 is 2.13 bits per heavy atom. The van der Waals surface area contributed by atoms with Crippen LogP contribution in [0.1, 0.15) is 11.3 Å². The summed E-state index contributed by atoms with van der Waals surface area (Å²) < 4.78 is 3.73. The van der Waals surface area contributed by atoms with Crippen LogP contribution in [0, 0.1) is 6.92 Å². The van der Waals surface area contributed by atoms with Crippen LogP contribution in [0.2, 0.25) is 0 Å². The first-order valence-corrected chi connectivity index (χ1v) is 7.29. The molecule has 0 aliphatic rings. The summed E-state index contributed by atoms with van der Waals surface area (Å²) in [5, 5.41) is 8.78. The molecule has 3 rings (SSSR count). The van der Waals surface area contributed by atoms with Gasteiger partial charge in [-0.2, -0.15) is 10.2 Å². The molecular formula is C15H15N7S. The van der Waals surface area contributed by atoms with Crippen LogP contribution in [0.4, 0.5) is 0 Å². The van der Waals surface area contributed by atoms with E-state index in [1.165, 1.54) is 0 Å². The molecule has 8 heteroatoms. The molecule has 23 heavy (non-hydrogen) atoms. The summed E-state index contributed by atoms with van der Waals surface area (Å²) in [6.45, 7) is 1.92. The molecule has 2 aromatic heterocycles. The highest BCUT2D eigenvalue weighted by atomic mass is 32.1. The first-order valence-electron chi connectivity index (χ1n) is 6.88. The fourth-order valence-electron chi connectivity index (χ4n) is 2.22. The first-order chi connectivity index (χ1) is 11.2. The van der Waals surface area contributed by atoms with E-state index < -0.39 is 0 Å². The highest BCUT2D eigenvalue weighted by molar-refractivity contribution is 7.80. The minimum atomic E-state index is 0.110. The predicted octanol–water partition coefficient (Wildman–Crippen LogP) is 1.53. The molecule has 0 saturated carbocycles. The van der Waals surface area contributed by atoms with Gasteiger partial charge in [-0.1, -0.05) is 18.2 Å². The second kappa shape index (κ2) is 6.41. The monoisotopic (exact) mass is 325 g/mol. The first kappa shape index (κ1) is 14.9. The van der Waals surface area contributed by atoms with Crippen LogP contribution in [0.3, 0.4) is 0 Å². The molecule has 3 aromatic rings. The van der Waals surface area contributed by atoms with Gasteiger partial charge in [0.05, 0.1) is 23.2 Å². The Kier molecular flexibility index (Phi) is 4.15. The highest BCUT2D eigenvalue weighted by Gasteiger charge is 2.16. The number of imidazole rings is 1. The van der Waals surface area contributed by atoms with Crippen molar-refractivity contribution >= 4 is 23.5 Å². The number of hydrogen-bond donors (Lipinski definition) is 2. The quantitative estimate of drug-likeness (QED) is 0.432. The lowest BCUT2D eigenvalue weighted by atomic mass is 10.2. The van der Waals surface area contributed by atoms with Crippen LogP contribution in [0.5, 0.6) is 0 Å². The van der Waals surface area contributed by atoms with Crippen LogP contribution in [-0.2, 0) is 0 Å². The maximum atomic E-state index is 5.39. The Hall–Kier alpha value is -3.00. The van der Waals surface area contributed by atoms with Crippen molar-refractivity contribution in [2.24, 2.45) is 10.8 Å². The Labute approximate surface area is 138 Å². The summed E-state index contributed by atoms with van der Waals surface area (Å²) in [5.41, 5.74) is 10.6. The number of nitrogens with one attached hydrogen (secondary N) is 1. The highest BCUT2D eigenvalue weighted by Crippen LogP contribution is 2.21. The number of thiocarbonyl (C=S) groups is 1. The van der Waals surface area contributed by atoms with E-state index in [1.54, 1.807) is 18.7 Å². The summed E-state index contributed by atoms with van der Waals surface area (Å²) in [5.74, 6) is 0.833. The van der Waals surface area contributed by atoms with E-state index in [-0.39, 0.29) is 5.11 Å². The molecule has 0 amide bonds. The third kappa shape index (κ3) is 3.11. The van der Waals surface area contributed by atoms with Crippen molar-refractivity contribution in [1.82, 2.24) is 24.8 Å². The van der Waals surface area contributed by atoms with Gasteiger partial charge in [-0.15, -0.1) is 0 Å². The van der Waals surface area contributed by atoms with Crippen molar-refractivity contribution in [3.8, 4) is 11.5 Å². The van der Waals surface area contributed by atoms with Crippen LogP contribution in [0.15, 0.2) is 54.2 Å². The van der Waals surface area contributed by atoms with E-state index in [0.717, 1.165) is 22.8 Å². The van der Waals surface area contributed by atoms with Gasteiger partial charge in [-0.3, -0.25) is 9.99 Å². The fraction of sp³-hybridized carbons (Fsp3) is 0.0667. The number of para-hydroxylation sites is 1.